The zero-order chi connectivity index (χ0) is 17.1. The summed E-state index contributed by atoms with van der Waals surface area (Å²) in [5.74, 6) is 0.948. The minimum atomic E-state index is -0.292. The largest absolute Gasteiger partial charge is 0.490 e. The lowest BCUT2D eigenvalue weighted by molar-refractivity contribution is -0.139. The Bertz CT molecular complexity index is 491. The molecule has 0 aliphatic carbocycles. The third-order valence-corrected chi connectivity index (χ3v) is 3.69. The van der Waals surface area contributed by atoms with Crippen molar-refractivity contribution in [2.24, 2.45) is 5.92 Å². The fraction of sp³-hybridized carbons (Fsp3) is 0.550. The van der Waals surface area contributed by atoms with E-state index >= 15 is 0 Å². The fourth-order valence-corrected chi connectivity index (χ4v) is 2.28. The Morgan fingerprint density at radius 3 is 2.61 bits per heavy atom. The van der Waals surface area contributed by atoms with Crippen LogP contribution in [0, 0.1) is 5.92 Å². The molecular weight excluding hydrogens is 288 g/mol. The first-order valence-corrected chi connectivity index (χ1v) is 8.67. The number of esters is 1. The molecule has 1 unspecified atom stereocenters. The molecule has 0 saturated carbocycles. The van der Waals surface area contributed by atoms with Crippen LogP contribution >= 0.6 is 0 Å². The highest BCUT2D eigenvalue weighted by atomic mass is 16.5. The van der Waals surface area contributed by atoms with Gasteiger partial charge in [0.25, 0.3) is 0 Å². The molecule has 0 saturated heterocycles. The van der Waals surface area contributed by atoms with Gasteiger partial charge in [0.15, 0.2) is 0 Å². The number of ether oxygens (including phenoxy) is 2. The van der Waals surface area contributed by atoms with Crippen LogP contribution in [0.1, 0.15) is 58.9 Å². The minimum Gasteiger partial charge on any atom is -0.490 e. The van der Waals surface area contributed by atoms with E-state index in [1.807, 2.05) is 38.1 Å². The molecule has 0 amide bonds. The second-order valence-corrected chi connectivity index (χ2v) is 6.08. The number of carbonyl (C=O) groups is 1. The molecule has 0 fully saturated rings. The van der Waals surface area contributed by atoms with Gasteiger partial charge in [-0.25, -0.2) is 4.79 Å². The molecule has 0 spiro atoms. The van der Waals surface area contributed by atoms with Crippen molar-refractivity contribution in [1.29, 1.82) is 0 Å². The van der Waals surface area contributed by atoms with Crippen molar-refractivity contribution < 1.29 is 14.3 Å². The van der Waals surface area contributed by atoms with Gasteiger partial charge in [0.05, 0.1) is 12.7 Å². The first kappa shape index (κ1) is 19.3. The summed E-state index contributed by atoms with van der Waals surface area (Å²) in [5.41, 5.74) is 0.885. The average molecular weight is 318 g/mol. The van der Waals surface area contributed by atoms with Crippen molar-refractivity contribution in [3.63, 3.8) is 0 Å². The SMILES string of the molecule is CCCCC(CC)COC(=O)C=Cc1ccccc1OC(C)C. The number of hydrogen-bond acceptors (Lipinski definition) is 3. The topological polar surface area (TPSA) is 35.5 Å². The van der Waals surface area contributed by atoms with Crippen LogP contribution in [0.4, 0.5) is 0 Å². The number of para-hydroxylation sites is 1. The molecule has 0 aromatic heterocycles. The van der Waals surface area contributed by atoms with Gasteiger partial charge in [-0.1, -0.05) is 51.3 Å². The molecule has 1 aromatic rings. The van der Waals surface area contributed by atoms with Crippen LogP contribution in [-0.4, -0.2) is 18.7 Å². The van der Waals surface area contributed by atoms with E-state index in [0.29, 0.717) is 12.5 Å². The summed E-state index contributed by atoms with van der Waals surface area (Å²) in [7, 11) is 0. The monoisotopic (exact) mass is 318 g/mol. The maximum absolute atomic E-state index is 11.9. The second-order valence-electron chi connectivity index (χ2n) is 6.08. The van der Waals surface area contributed by atoms with Crippen molar-refractivity contribution in [3.8, 4) is 5.75 Å². The number of carbonyl (C=O) groups excluding carboxylic acids is 1. The van der Waals surface area contributed by atoms with Gasteiger partial charge in [-0.3, -0.25) is 0 Å². The van der Waals surface area contributed by atoms with E-state index < -0.39 is 0 Å². The van der Waals surface area contributed by atoms with Gasteiger partial charge < -0.3 is 9.47 Å². The van der Waals surface area contributed by atoms with E-state index in [-0.39, 0.29) is 12.1 Å². The Labute approximate surface area is 140 Å². The van der Waals surface area contributed by atoms with Crippen molar-refractivity contribution in [2.45, 2.75) is 59.5 Å². The molecular formula is C20H30O3. The quantitative estimate of drug-likeness (QED) is 0.437. The van der Waals surface area contributed by atoms with Crippen molar-refractivity contribution in [1.82, 2.24) is 0 Å². The zero-order valence-electron chi connectivity index (χ0n) is 14.9. The Hall–Kier alpha value is -1.77. The predicted molar refractivity (Wildman–Crippen MR) is 95.5 cm³/mol. The molecule has 1 rings (SSSR count). The molecule has 3 heteroatoms. The average Bonchev–Trinajstić information content (AvgIpc) is 2.53. The first-order valence-electron chi connectivity index (χ1n) is 8.67. The second kappa shape index (κ2) is 10.9. The molecule has 0 radical (unpaired) electrons. The van der Waals surface area contributed by atoms with Gasteiger partial charge in [0.2, 0.25) is 0 Å². The van der Waals surface area contributed by atoms with E-state index in [2.05, 4.69) is 13.8 Å². The maximum atomic E-state index is 11.9. The van der Waals surface area contributed by atoms with E-state index in [0.717, 1.165) is 24.2 Å². The Morgan fingerprint density at radius 1 is 1.22 bits per heavy atom. The molecule has 128 valence electrons. The van der Waals surface area contributed by atoms with Crippen LogP contribution in [-0.2, 0) is 9.53 Å². The van der Waals surface area contributed by atoms with Crippen LogP contribution < -0.4 is 4.74 Å². The van der Waals surface area contributed by atoms with Gasteiger partial charge in [-0.05, 0) is 38.3 Å². The first-order chi connectivity index (χ1) is 11.1. The summed E-state index contributed by atoms with van der Waals surface area (Å²) in [6.07, 6.45) is 7.86. The van der Waals surface area contributed by atoms with Gasteiger partial charge in [-0.15, -0.1) is 0 Å². The third-order valence-electron chi connectivity index (χ3n) is 3.69. The van der Waals surface area contributed by atoms with Crippen LogP contribution in [0.3, 0.4) is 0 Å². The van der Waals surface area contributed by atoms with Gasteiger partial charge >= 0.3 is 5.97 Å². The lowest BCUT2D eigenvalue weighted by Crippen LogP contribution is -2.12. The smallest absolute Gasteiger partial charge is 0.330 e. The van der Waals surface area contributed by atoms with Crippen LogP contribution in [0.15, 0.2) is 30.3 Å². The predicted octanol–water partition coefficient (Wildman–Crippen LogP) is 5.25. The maximum Gasteiger partial charge on any atom is 0.330 e. The van der Waals surface area contributed by atoms with Crippen LogP contribution in [0.2, 0.25) is 0 Å². The summed E-state index contributed by atoms with van der Waals surface area (Å²) in [4.78, 5) is 11.9. The number of benzene rings is 1. The normalized spacial score (nSPS) is 12.6. The van der Waals surface area contributed by atoms with E-state index in [1.165, 1.54) is 18.9 Å². The lowest BCUT2D eigenvalue weighted by atomic mass is 10.0. The summed E-state index contributed by atoms with van der Waals surface area (Å²) in [5, 5.41) is 0. The van der Waals surface area contributed by atoms with E-state index in [9.17, 15) is 4.79 Å². The summed E-state index contributed by atoms with van der Waals surface area (Å²) >= 11 is 0. The third kappa shape index (κ3) is 7.87. The fourth-order valence-electron chi connectivity index (χ4n) is 2.28. The highest BCUT2D eigenvalue weighted by Gasteiger charge is 2.09. The van der Waals surface area contributed by atoms with E-state index in [1.54, 1.807) is 6.08 Å². The molecule has 0 aliphatic rings. The van der Waals surface area contributed by atoms with Gasteiger partial charge in [-0.2, -0.15) is 0 Å². The molecule has 1 aromatic carbocycles. The van der Waals surface area contributed by atoms with Gasteiger partial charge in [0.1, 0.15) is 5.75 Å². The van der Waals surface area contributed by atoms with Gasteiger partial charge in [0, 0.05) is 11.6 Å². The molecule has 23 heavy (non-hydrogen) atoms. The lowest BCUT2D eigenvalue weighted by Gasteiger charge is -2.14. The van der Waals surface area contributed by atoms with Crippen LogP contribution in [0.5, 0.6) is 5.75 Å². The van der Waals surface area contributed by atoms with Crippen molar-refractivity contribution >= 4 is 12.0 Å². The Balaban J connectivity index is 2.55. The number of unbranched alkanes of at least 4 members (excludes halogenated alkanes) is 1. The van der Waals surface area contributed by atoms with Crippen molar-refractivity contribution in [2.75, 3.05) is 6.61 Å². The molecule has 3 nitrogen and oxygen atoms in total. The number of rotatable bonds is 10. The molecule has 0 heterocycles. The van der Waals surface area contributed by atoms with Crippen molar-refractivity contribution in [3.05, 3.63) is 35.9 Å². The molecule has 0 N–H and O–H groups in total. The Kier molecular flexibility index (Phi) is 9.11. The summed E-state index contributed by atoms with van der Waals surface area (Å²) in [6, 6.07) is 7.68. The highest BCUT2D eigenvalue weighted by Crippen LogP contribution is 2.21. The Morgan fingerprint density at radius 2 is 1.96 bits per heavy atom. The molecule has 0 bridgehead atoms. The van der Waals surface area contributed by atoms with E-state index in [4.69, 9.17) is 9.47 Å². The zero-order valence-corrected chi connectivity index (χ0v) is 14.9. The summed E-state index contributed by atoms with van der Waals surface area (Å²) < 4.78 is 11.1. The summed E-state index contributed by atoms with van der Waals surface area (Å²) in [6.45, 7) is 8.79. The molecule has 1 atom stereocenters. The highest BCUT2D eigenvalue weighted by molar-refractivity contribution is 5.87. The van der Waals surface area contributed by atoms with Crippen LogP contribution in [0.25, 0.3) is 6.08 Å². The molecule has 0 aliphatic heterocycles. The minimum absolute atomic E-state index is 0.0976. The number of hydrogen-bond donors (Lipinski definition) is 0. The standard InChI is InChI=1S/C20H30O3/c1-5-7-10-17(6-2)15-22-20(21)14-13-18-11-8-9-12-19(18)23-16(3)4/h8-9,11-14,16-17H,5-7,10,15H2,1-4H3.